The lowest BCUT2D eigenvalue weighted by Gasteiger charge is -2.36. The molecule has 2 aliphatic rings. The van der Waals surface area contributed by atoms with Gasteiger partial charge in [-0.05, 0) is 25.2 Å². The van der Waals surface area contributed by atoms with Gasteiger partial charge >= 0.3 is 0 Å². The van der Waals surface area contributed by atoms with Crippen LogP contribution in [-0.4, -0.2) is 66.4 Å². The summed E-state index contributed by atoms with van der Waals surface area (Å²) in [6, 6.07) is 1.95. The van der Waals surface area contributed by atoms with Crippen LogP contribution in [-0.2, 0) is 9.53 Å². The van der Waals surface area contributed by atoms with Crippen molar-refractivity contribution in [1.29, 1.82) is 0 Å². The molecule has 6 nitrogen and oxygen atoms in total. The Hall–Kier alpha value is -1.34. The van der Waals surface area contributed by atoms with Crippen molar-refractivity contribution in [3.8, 4) is 0 Å². The zero-order chi connectivity index (χ0) is 15.4. The number of hydrogen-bond donors (Lipinski definition) is 0. The molecule has 2 aliphatic heterocycles. The molecule has 0 aromatic carbocycles. The molecule has 120 valence electrons. The second-order valence-corrected chi connectivity index (χ2v) is 6.37. The van der Waals surface area contributed by atoms with E-state index in [0.717, 1.165) is 50.0 Å². The molecule has 1 aromatic heterocycles. The Bertz CT molecular complexity index is 514. The summed E-state index contributed by atoms with van der Waals surface area (Å²) in [4.78, 5) is 25.5. The Morgan fingerprint density at radius 2 is 2.00 bits per heavy atom. The summed E-state index contributed by atoms with van der Waals surface area (Å²) in [5, 5.41) is 0.795. The third-order valence-electron chi connectivity index (χ3n) is 4.29. The summed E-state index contributed by atoms with van der Waals surface area (Å²) < 4.78 is 5.32. The van der Waals surface area contributed by atoms with Crippen LogP contribution < -0.4 is 4.90 Å². The number of anilines is 1. The number of aromatic nitrogens is 2. The molecule has 1 amide bonds. The Morgan fingerprint density at radius 3 is 2.68 bits per heavy atom. The van der Waals surface area contributed by atoms with Gasteiger partial charge in [0.05, 0.1) is 13.2 Å². The SMILES string of the molecule is CSc1nccc(N2CCC(C(=O)N3CCOCC3)CC2)n1. The fourth-order valence-corrected chi connectivity index (χ4v) is 3.35. The van der Waals surface area contributed by atoms with Gasteiger partial charge in [0, 0.05) is 38.3 Å². The lowest BCUT2D eigenvalue weighted by atomic mass is 9.95. The number of thioether (sulfide) groups is 1. The fourth-order valence-electron chi connectivity index (χ4n) is 3.00. The second-order valence-electron chi connectivity index (χ2n) is 5.60. The summed E-state index contributed by atoms with van der Waals surface area (Å²) in [6.07, 6.45) is 5.58. The van der Waals surface area contributed by atoms with Gasteiger partial charge in [0.2, 0.25) is 5.91 Å². The maximum absolute atomic E-state index is 12.5. The summed E-state index contributed by atoms with van der Waals surface area (Å²) >= 11 is 1.55. The minimum absolute atomic E-state index is 0.149. The predicted octanol–water partition coefficient (Wildman–Crippen LogP) is 1.27. The molecule has 0 saturated carbocycles. The van der Waals surface area contributed by atoms with E-state index in [0.29, 0.717) is 19.1 Å². The molecule has 0 unspecified atom stereocenters. The van der Waals surface area contributed by atoms with Gasteiger partial charge in [-0.3, -0.25) is 4.79 Å². The van der Waals surface area contributed by atoms with E-state index in [-0.39, 0.29) is 5.92 Å². The molecule has 0 aliphatic carbocycles. The van der Waals surface area contributed by atoms with E-state index in [9.17, 15) is 4.79 Å². The highest BCUT2D eigenvalue weighted by molar-refractivity contribution is 7.98. The fraction of sp³-hybridized carbons (Fsp3) is 0.667. The Morgan fingerprint density at radius 1 is 1.27 bits per heavy atom. The molecule has 7 heteroatoms. The number of rotatable bonds is 3. The van der Waals surface area contributed by atoms with Crippen LogP contribution in [0.1, 0.15) is 12.8 Å². The molecule has 0 bridgehead atoms. The first-order chi connectivity index (χ1) is 10.8. The minimum Gasteiger partial charge on any atom is -0.378 e. The van der Waals surface area contributed by atoms with Gasteiger partial charge < -0.3 is 14.5 Å². The van der Waals surface area contributed by atoms with E-state index >= 15 is 0 Å². The van der Waals surface area contributed by atoms with Crippen molar-refractivity contribution in [2.24, 2.45) is 5.92 Å². The Labute approximate surface area is 135 Å². The molecule has 0 radical (unpaired) electrons. The van der Waals surface area contributed by atoms with Crippen LogP contribution in [0.2, 0.25) is 0 Å². The van der Waals surface area contributed by atoms with Crippen molar-refractivity contribution in [3.05, 3.63) is 12.3 Å². The van der Waals surface area contributed by atoms with Crippen LogP contribution in [0.3, 0.4) is 0 Å². The number of ether oxygens (including phenoxy) is 1. The molecule has 0 N–H and O–H groups in total. The first-order valence-electron chi connectivity index (χ1n) is 7.76. The van der Waals surface area contributed by atoms with Gasteiger partial charge in [0.15, 0.2) is 5.16 Å². The summed E-state index contributed by atoms with van der Waals surface area (Å²) in [6.45, 7) is 4.58. The molecular formula is C15H22N4O2S. The topological polar surface area (TPSA) is 58.6 Å². The Balaban J connectivity index is 1.56. The van der Waals surface area contributed by atoms with E-state index < -0.39 is 0 Å². The van der Waals surface area contributed by atoms with Crippen molar-refractivity contribution in [2.75, 3.05) is 50.5 Å². The van der Waals surface area contributed by atoms with Crippen molar-refractivity contribution in [2.45, 2.75) is 18.0 Å². The molecular weight excluding hydrogens is 300 g/mol. The van der Waals surface area contributed by atoms with E-state index in [1.807, 2.05) is 17.2 Å². The zero-order valence-electron chi connectivity index (χ0n) is 12.9. The van der Waals surface area contributed by atoms with E-state index in [1.165, 1.54) is 0 Å². The van der Waals surface area contributed by atoms with Crippen molar-refractivity contribution >= 4 is 23.5 Å². The van der Waals surface area contributed by atoms with Gasteiger partial charge in [-0.1, -0.05) is 11.8 Å². The van der Waals surface area contributed by atoms with Crippen LogP contribution in [0.5, 0.6) is 0 Å². The number of nitrogens with zero attached hydrogens (tertiary/aromatic N) is 4. The van der Waals surface area contributed by atoms with Gasteiger partial charge in [0.1, 0.15) is 5.82 Å². The van der Waals surface area contributed by atoms with Gasteiger partial charge in [0.25, 0.3) is 0 Å². The maximum atomic E-state index is 12.5. The first-order valence-corrected chi connectivity index (χ1v) is 8.99. The number of morpholine rings is 1. The molecule has 22 heavy (non-hydrogen) atoms. The molecule has 1 aromatic rings. The number of hydrogen-bond acceptors (Lipinski definition) is 6. The monoisotopic (exact) mass is 322 g/mol. The Kier molecular flexibility index (Phi) is 5.15. The van der Waals surface area contributed by atoms with E-state index in [2.05, 4.69) is 14.9 Å². The lowest BCUT2D eigenvalue weighted by molar-refractivity contribution is -0.140. The lowest BCUT2D eigenvalue weighted by Crippen LogP contribution is -2.46. The molecule has 0 spiro atoms. The van der Waals surface area contributed by atoms with Gasteiger partial charge in [-0.25, -0.2) is 9.97 Å². The molecule has 3 heterocycles. The van der Waals surface area contributed by atoms with Gasteiger partial charge in [-0.15, -0.1) is 0 Å². The zero-order valence-corrected chi connectivity index (χ0v) is 13.7. The molecule has 0 atom stereocenters. The normalized spacial score (nSPS) is 20.2. The quantitative estimate of drug-likeness (QED) is 0.617. The standard InChI is InChI=1S/C15H22N4O2S/c1-22-15-16-5-2-13(17-15)18-6-3-12(4-7-18)14(20)19-8-10-21-11-9-19/h2,5,12H,3-4,6-11H2,1H3. The third kappa shape index (κ3) is 3.52. The third-order valence-corrected chi connectivity index (χ3v) is 4.85. The van der Waals surface area contributed by atoms with E-state index in [1.54, 1.807) is 18.0 Å². The maximum Gasteiger partial charge on any atom is 0.225 e. The highest BCUT2D eigenvalue weighted by Crippen LogP contribution is 2.24. The van der Waals surface area contributed by atoms with E-state index in [4.69, 9.17) is 4.74 Å². The van der Waals surface area contributed by atoms with Crippen molar-refractivity contribution < 1.29 is 9.53 Å². The number of piperidine rings is 1. The largest absolute Gasteiger partial charge is 0.378 e. The van der Waals surface area contributed by atoms with Crippen LogP contribution in [0.25, 0.3) is 0 Å². The molecule has 2 fully saturated rings. The number of carbonyl (C=O) groups excluding carboxylic acids is 1. The second kappa shape index (κ2) is 7.28. The summed E-state index contributed by atoms with van der Waals surface area (Å²) in [5.74, 6) is 1.42. The van der Waals surface area contributed by atoms with Crippen molar-refractivity contribution in [3.63, 3.8) is 0 Å². The van der Waals surface area contributed by atoms with Crippen LogP contribution in [0.4, 0.5) is 5.82 Å². The summed E-state index contributed by atoms with van der Waals surface area (Å²) in [7, 11) is 0. The van der Waals surface area contributed by atoms with Crippen LogP contribution >= 0.6 is 11.8 Å². The van der Waals surface area contributed by atoms with Crippen LogP contribution in [0.15, 0.2) is 17.4 Å². The number of amides is 1. The number of carbonyl (C=O) groups is 1. The smallest absolute Gasteiger partial charge is 0.225 e. The predicted molar refractivity (Wildman–Crippen MR) is 86.1 cm³/mol. The van der Waals surface area contributed by atoms with Gasteiger partial charge in [-0.2, -0.15) is 0 Å². The molecule has 3 rings (SSSR count). The average molecular weight is 322 g/mol. The minimum atomic E-state index is 0.149. The van der Waals surface area contributed by atoms with Crippen molar-refractivity contribution in [1.82, 2.24) is 14.9 Å². The highest BCUT2D eigenvalue weighted by atomic mass is 32.2. The summed E-state index contributed by atoms with van der Waals surface area (Å²) in [5.41, 5.74) is 0. The first kappa shape index (κ1) is 15.6. The van der Waals surface area contributed by atoms with Crippen LogP contribution in [0, 0.1) is 5.92 Å². The average Bonchev–Trinajstić information content (AvgIpc) is 2.62. The highest BCUT2D eigenvalue weighted by Gasteiger charge is 2.29. The molecule has 2 saturated heterocycles.